The fourth-order valence-corrected chi connectivity index (χ4v) is 2.45. The van der Waals surface area contributed by atoms with Crippen LogP contribution in [0.5, 0.6) is 0 Å². The van der Waals surface area contributed by atoms with E-state index in [0.717, 1.165) is 5.56 Å². The van der Waals surface area contributed by atoms with Gasteiger partial charge in [-0.15, -0.1) is 0 Å². The molecule has 1 saturated heterocycles. The van der Waals surface area contributed by atoms with Crippen LogP contribution in [0.4, 0.5) is 4.39 Å². The number of carbonyl (C=O) groups is 1. The summed E-state index contributed by atoms with van der Waals surface area (Å²) in [6, 6.07) is 4.81. The average Bonchev–Trinajstić information content (AvgIpc) is 2.65. The molecule has 1 aromatic carbocycles. The van der Waals surface area contributed by atoms with Crippen molar-refractivity contribution in [2.45, 2.75) is 13.0 Å². The van der Waals surface area contributed by atoms with Crippen LogP contribution in [-0.2, 0) is 11.3 Å². The van der Waals surface area contributed by atoms with E-state index in [1.54, 1.807) is 17.0 Å². The Morgan fingerprint density at radius 2 is 2.29 bits per heavy atom. The lowest BCUT2D eigenvalue weighted by Gasteiger charge is -2.16. The lowest BCUT2D eigenvalue weighted by atomic mass is 10.1. The van der Waals surface area contributed by atoms with E-state index in [2.05, 4.69) is 15.9 Å². The molecule has 1 amide bonds. The van der Waals surface area contributed by atoms with Crippen molar-refractivity contribution >= 4 is 21.8 Å². The zero-order valence-corrected chi connectivity index (χ0v) is 10.9. The Balaban J connectivity index is 2.06. The fourth-order valence-electron chi connectivity index (χ4n) is 2.02. The van der Waals surface area contributed by atoms with Crippen molar-refractivity contribution in [2.75, 3.05) is 13.1 Å². The highest BCUT2D eigenvalue weighted by Crippen LogP contribution is 2.22. The second-order valence-corrected chi connectivity index (χ2v) is 5.18. The first kappa shape index (κ1) is 12.5. The first-order valence-electron chi connectivity index (χ1n) is 5.52. The molecular formula is C12H14BrFN2O. The molecule has 2 N–H and O–H groups in total. The number of hydrogen-bond acceptors (Lipinski definition) is 2. The number of likely N-dealkylation sites (tertiary alicyclic amines) is 1. The number of rotatable bonds is 3. The molecule has 17 heavy (non-hydrogen) atoms. The molecule has 1 fully saturated rings. The fraction of sp³-hybridized carbons (Fsp3) is 0.417. The molecule has 2 rings (SSSR count). The summed E-state index contributed by atoms with van der Waals surface area (Å²) in [6.45, 7) is 1.76. The third-order valence-electron chi connectivity index (χ3n) is 2.99. The predicted molar refractivity (Wildman–Crippen MR) is 66.7 cm³/mol. The van der Waals surface area contributed by atoms with Crippen molar-refractivity contribution in [3.63, 3.8) is 0 Å². The summed E-state index contributed by atoms with van der Waals surface area (Å²) in [4.78, 5) is 13.5. The maximum absolute atomic E-state index is 13.1. The van der Waals surface area contributed by atoms with E-state index < -0.39 is 0 Å². The van der Waals surface area contributed by atoms with E-state index in [1.807, 2.05) is 0 Å². The lowest BCUT2D eigenvalue weighted by molar-refractivity contribution is -0.128. The SMILES string of the molecule is NCC1CC(=O)N(Cc2ccc(F)c(Br)c2)C1. The smallest absolute Gasteiger partial charge is 0.223 e. The van der Waals surface area contributed by atoms with Gasteiger partial charge in [-0.3, -0.25) is 4.79 Å². The van der Waals surface area contributed by atoms with Gasteiger partial charge in [0, 0.05) is 19.5 Å². The van der Waals surface area contributed by atoms with Gasteiger partial charge in [0.25, 0.3) is 0 Å². The van der Waals surface area contributed by atoms with Gasteiger partial charge in [0.2, 0.25) is 5.91 Å². The van der Waals surface area contributed by atoms with Crippen LogP contribution in [0.2, 0.25) is 0 Å². The van der Waals surface area contributed by atoms with E-state index in [-0.39, 0.29) is 17.6 Å². The summed E-state index contributed by atoms with van der Waals surface area (Å²) in [5.74, 6) is 0.0913. The van der Waals surface area contributed by atoms with Gasteiger partial charge in [0.15, 0.2) is 0 Å². The predicted octanol–water partition coefficient (Wildman–Crippen LogP) is 1.90. The molecular weight excluding hydrogens is 287 g/mol. The Morgan fingerprint density at radius 1 is 1.53 bits per heavy atom. The van der Waals surface area contributed by atoms with Crippen molar-refractivity contribution in [1.29, 1.82) is 0 Å². The maximum atomic E-state index is 13.1. The minimum Gasteiger partial charge on any atom is -0.338 e. The number of nitrogens with zero attached hydrogens (tertiary/aromatic N) is 1. The standard InChI is InChI=1S/C12H14BrFN2O/c13-10-3-8(1-2-11(10)14)6-16-7-9(5-15)4-12(16)17/h1-3,9H,4-7,15H2. The van der Waals surface area contributed by atoms with Gasteiger partial charge in [0.05, 0.1) is 4.47 Å². The van der Waals surface area contributed by atoms with Crippen molar-refractivity contribution in [1.82, 2.24) is 4.90 Å². The molecule has 1 unspecified atom stereocenters. The van der Waals surface area contributed by atoms with E-state index >= 15 is 0 Å². The van der Waals surface area contributed by atoms with E-state index in [1.165, 1.54) is 6.07 Å². The van der Waals surface area contributed by atoms with Crippen molar-refractivity contribution in [2.24, 2.45) is 11.7 Å². The molecule has 1 aliphatic rings. The molecule has 5 heteroatoms. The van der Waals surface area contributed by atoms with Gasteiger partial charge in [0.1, 0.15) is 5.82 Å². The van der Waals surface area contributed by atoms with E-state index in [0.29, 0.717) is 30.5 Å². The Bertz CT molecular complexity index is 439. The summed E-state index contributed by atoms with van der Waals surface area (Å²) < 4.78 is 13.5. The van der Waals surface area contributed by atoms with Crippen molar-refractivity contribution in [3.05, 3.63) is 34.1 Å². The Kier molecular flexibility index (Phi) is 3.79. The molecule has 1 aliphatic heterocycles. The highest BCUT2D eigenvalue weighted by atomic mass is 79.9. The minimum atomic E-state index is -0.290. The molecule has 0 saturated carbocycles. The molecule has 3 nitrogen and oxygen atoms in total. The highest BCUT2D eigenvalue weighted by molar-refractivity contribution is 9.10. The Hall–Kier alpha value is -0.940. The largest absolute Gasteiger partial charge is 0.338 e. The van der Waals surface area contributed by atoms with Gasteiger partial charge >= 0.3 is 0 Å². The summed E-state index contributed by atoms with van der Waals surface area (Å²) in [5.41, 5.74) is 6.48. The van der Waals surface area contributed by atoms with Crippen LogP contribution in [0, 0.1) is 11.7 Å². The number of halogens is 2. The summed E-state index contributed by atoms with van der Waals surface area (Å²) in [7, 11) is 0. The second-order valence-electron chi connectivity index (χ2n) is 4.33. The summed E-state index contributed by atoms with van der Waals surface area (Å²) >= 11 is 3.14. The van der Waals surface area contributed by atoms with Crippen LogP contribution in [-0.4, -0.2) is 23.9 Å². The highest BCUT2D eigenvalue weighted by Gasteiger charge is 2.28. The molecule has 1 heterocycles. The zero-order valence-electron chi connectivity index (χ0n) is 9.33. The van der Waals surface area contributed by atoms with Gasteiger partial charge in [-0.25, -0.2) is 4.39 Å². The molecule has 0 radical (unpaired) electrons. The normalized spacial score (nSPS) is 20.1. The van der Waals surface area contributed by atoms with Gasteiger partial charge < -0.3 is 10.6 Å². The Labute approximate surface area is 108 Å². The van der Waals surface area contributed by atoms with Crippen LogP contribution in [0.1, 0.15) is 12.0 Å². The number of carbonyl (C=O) groups excluding carboxylic acids is 1. The molecule has 1 atom stereocenters. The van der Waals surface area contributed by atoms with Crippen molar-refractivity contribution < 1.29 is 9.18 Å². The first-order valence-corrected chi connectivity index (χ1v) is 6.31. The zero-order chi connectivity index (χ0) is 12.4. The average molecular weight is 301 g/mol. The monoisotopic (exact) mass is 300 g/mol. The number of amides is 1. The molecule has 92 valence electrons. The summed E-state index contributed by atoms with van der Waals surface area (Å²) in [5, 5.41) is 0. The number of hydrogen-bond donors (Lipinski definition) is 1. The van der Waals surface area contributed by atoms with Crippen LogP contribution in [0.3, 0.4) is 0 Å². The molecule has 0 aliphatic carbocycles. The number of benzene rings is 1. The van der Waals surface area contributed by atoms with Crippen molar-refractivity contribution in [3.8, 4) is 0 Å². The van der Waals surface area contributed by atoms with Crippen LogP contribution < -0.4 is 5.73 Å². The van der Waals surface area contributed by atoms with Crippen LogP contribution in [0.25, 0.3) is 0 Å². The molecule has 0 spiro atoms. The maximum Gasteiger partial charge on any atom is 0.223 e. The molecule has 0 aromatic heterocycles. The molecule has 1 aromatic rings. The van der Waals surface area contributed by atoms with Gasteiger partial charge in [-0.05, 0) is 46.1 Å². The first-order chi connectivity index (χ1) is 8.10. The van der Waals surface area contributed by atoms with Crippen LogP contribution in [0.15, 0.2) is 22.7 Å². The van der Waals surface area contributed by atoms with Gasteiger partial charge in [-0.2, -0.15) is 0 Å². The quantitative estimate of drug-likeness (QED) is 0.927. The van der Waals surface area contributed by atoms with E-state index in [4.69, 9.17) is 5.73 Å². The third kappa shape index (κ3) is 2.84. The molecule has 0 bridgehead atoms. The number of nitrogens with two attached hydrogens (primary N) is 1. The topological polar surface area (TPSA) is 46.3 Å². The minimum absolute atomic E-state index is 0.126. The second kappa shape index (κ2) is 5.14. The third-order valence-corrected chi connectivity index (χ3v) is 3.59. The van der Waals surface area contributed by atoms with Crippen LogP contribution >= 0.6 is 15.9 Å². The Morgan fingerprint density at radius 3 is 2.88 bits per heavy atom. The van der Waals surface area contributed by atoms with E-state index in [9.17, 15) is 9.18 Å². The summed E-state index contributed by atoms with van der Waals surface area (Å²) in [6.07, 6.45) is 0.527. The van der Waals surface area contributed by atoms with Gasteiger partial charge in [-0.1, -0.05) is 6.07 Å². The lowest BCUT2D eigenvalue weighted by Crippen LogP contribution is -2.25.